The summed E-state index contributed by atoms with van der Waals surface area (Å²) in [4.78, 5) is 9.59. The molecule has 0 unspecified atom stereocenters. The van der Waals surface area contributed by atoms with Gasteiger partial charge in [-0.3, -0.25) is 0 Å². The van der Waals surface area contributed by atoms with Crippen molar-refractivity contribution in [3.05, 3.63) is 47.9 Å². The number of ether oxygens (including phenoxy) is 1. The van der Waals surface area contributed by atoms with Crippen LogP contribution in [0, 0.1) is 6.92 Å². The molecule has 0 spiro atoms. The van der Waals surface area contributed by atoms with Crippen molar-refractivity contribution in [3.8, 4) is 0 Å². The van der Waals surface area contributed by atoms with Crippen LogP contribution >= 0.6 is 0 Å². The number of carbonyl (C=O) groups excluding carboxylic acids is 1. The fourth-order valence-electron chi connectivity index (χ4n) is 3.56. The van der Waals surface area contributed by atoms with E-state index in [0.29, 0.717) is 12.0 Å². The molecular formula is C26H42O2Y-2. The van der Waals surface area contributed by atoms with Gasteiger partial charge in [-0.2, -0.15) is 6.92 Å². The van der Waals surface area contributed by atoms with Crippen LogP contribution in [0.3, 0.4) is 0 Å². The first-order chi connectivity index (χ1) is 13.4. The molecule has 3 heteroatoms. The Hall–Kier alpha value is -0.466. The summed E-state index contributed by atoms with van der Waals surface area (Å²) in [5, 5.41) is 0. The van der Waals surface area contributed by atoms with E-state index in [0.717, 1.165) is 6.42 Å². The van der Waals surface area contributed by atoms with Gasteiger partial charge in [0.15, 0.2) is 0 Å². The Labute approximate surface area is 206 Å². The van der Waals surface area contributed by atoms with E-state index in [1.54, 1.807) is 12.5 Å². The van der Waals surface area contributed by atoms with Crippen LogP contribution in [0.15, 0.2) is 29.8 Å². The fourth-order valence-corrected chi connectivity index (χ4v) is 3.56. The predicted molar refractivity (Wildman–Crippen MR) is 123 cm³/mol. The average molecular weight is 476 g/mol. The first-order valence-corrected chi connectivity index (χ1v) is 10.9. The van der Waals surface area contributed by atoms with Gasteiger partial charge in [0.2, 0.25) is 0 Å². The minimum absolute atomic E-state index is 0. The number of unbranched alkanes of at least 4 members (excludes halogenated alkanes) is 5. The van der Waals surface area contributed by atoms with Crippen molar-refractivity contribution in [1.29, 1.82) is 0 Å². The first kappa shape index (κ1) is 30.7. The molecule has 2 rings (SSSR count). The summed E-state index contributed by atoms with van der Waals surface area (Å²) in [6, 6.07) is 8.88. The molecule has 29 heavy (non-hydrogen) atoms. The van der Waals surface area contributed by atoms with Crippen molar-refractivity contribution in [2.75, 3.05) is 6.61 Å². The Morgan fingerprint density at radius 2 is 1.66 bits per heavy atom. The molecule has 0 atom stereocenters. The van der Waals surface area contributed by atoms with Crippen molar-refractivity contribution in [2.24, 2.45) is 0 Å². The number of allylic oxidation sites excluding steroid dienone is 2. The molecule has 1 aliphatic carbocycles. The van der Waals surface area contributed by atoms with Gasteiger partial charge in [-0.25, -0.2) is 0 Å². The summed E-state index contributed by atoms with van der Waals surface area (Å²) in [6.45, 7) is 18.3. The molecule has 1 aliphatic rings. The Bertz CT molecular complexity index is 572. The van der Waals surface area contributed by atoms with Gasteiger partial charge in [-0.15, -0.1) is 0 Å². The molecule has 0 amide bonds. The van der Waals surface area contributed by atoms with E-state index in [1.165, 1.54) is 68.1 Å². The van der Waals surface area contributed by atoms with Crippen molar-refractivity contribution < 1.29 is 42.2 Å². The molecule has 1 aromatic rings. The molecule has 1 radical (unpaired) electrons. The van der Waals surface area contributed by atoms with Crippen molar-refractivity contribution in [3.63, 3.8) is 0 Å². The number of fused-ring (bicyclic) bond motifs is 1. The second-order valence-electron chi connectivity index (χ2n) is 8.11. The maximum atomic E-state index is 9.59. The van der Waals surface area contributed by atoms with Gasteiger partial charge in [0.05, 0.1) is 0 Å². The summed E-state index contributed by atoms with van der Waals surface area (Å²) in [5.41, 5.74) is 6.37. The van der Waals surface area contributed by atoms with Crippen LogP contribution < -0.4 is 0 Å². The van der Waals surface area contributed by atoms with Crippen LogP contribution in [0.2, 0.25) is 0 Å². The monoisotopic (exact) mass is 475 g/mol. The van der Waals surface area contributed by atoms with Crippen LogP contribution in [-0.4, -0.2) is 13.1 Å². The van der Waals surface area contributed by atoms with Crippen LogP contribution in [0.5, 0.6) is 0 Å². The van der Waals surface area contributed by atoms with Crippen molar-refractivity contribution in [1.82, 2.24) is 0 Å². The Morgan fingerprint density at radius 3 is 2.24 bits per heavy atom. The molecule has 0 saturated heterocycles. The van der Waals surface area contributed by atoms with Crippen molar-refractivity contribution in [2.45, 2.75) is 98.3 Å². The van der Waals surface area contributed by atoms with E-state index in [-0.39, 0.29) is 32.7 Å². The van der Waals surface area contributed by atoms with E-state index in [1.807, 2.05) is 0 Å². The maximum absolute atomic E-state index is 9.59. The fraction of sp³-hybridized carbons (Fsp3) is 0.615. The van der Waals surface area contributed by atoms with E-state index >= 15 is 0 Å². The van der Waals surface area contributed by atoms with Gasteiger partial charge < -0.3 is 16.5 Å². The van der Waals surface area contributed by atoms with E-state index in [4.69, 9.17) is 0 Å². The van der Waals surface area contributed by atoms with E-state index < -0.39 is 0 Å². The Balaban J connectivity index is 0. The van der Waals surface area contributed by atoms with E-state index in [2.05, 4.69) is 70.5 Å². The number of hydrogen-bond acceptors (Lipinski definition) is 2. The normalized spacial score (nSPS) is 13.4. The molecule has 0 aromatic heterocycles. The largest absolute Gasteiger partial charge is 0.653 e. The molecule has 1 aromatic carbocycles. The zero-order valence-electron chi connectivity index (χ0n) is 19.8. The van der Waals surface area contributed by atoms with Crippen LogP contribution in [0.4, 0.5) is 0 Å². The minimum Gasteiger partial charge on any atom is -0.653 e. The Kier molecular flexibility index (Phi) is 19.4. The summed E-state index contributed by atoms with van der Waals surface area (Å²) in [5.74, 6) is 0. The molecule has 163 valence electrons. The summed E-state index contributed by atoms with van der Waals surface area (Å²) >= 11 is 0. The van der Waals surface area contributed by atoms with Crippen LogP contribution in [-0.2, 0) is 47.7 Å². The first-order valence-electron chi connectivity index (χ1n) is 10.9. The van der Waals surface area contributed by atoms with Gasteiger partial charge in [0.25, 0.3) is 0 Å². The molecule has 0 heterocycles. The third kappa shape index (κ3) is 12.1. The second-order valence-corrected chi connectivity index (χ2v) is 8.11. The van der Waals surface area contributed by atoms with Gasteiger partial charge in [-0.1, -0.05) is 89.2 Å². The smallest absolute Gasteiger partial charge is 0.0480 e. The SMILES string of the molecule is CC(C)=C1CCC(C)(C)c2ccccc21.CCCCCCCCO[C-]=O.[CH2-]C.[Y]. The van der Waals surface area contributed by atoms with Gasteiger partial charge in [-0.05, 0) is 55.2 Å². The molecule has 2 nitrogen and oxygen atoms in total. The van der Waals surface area contributed by atoms with Gasteiger partial charge in [0.1, 0.15) is 0 Å². The maximum Gasteiger partial charge on any atom is 0.0480 e. The van der Waals surface area contributed by atoms with Crippen LogP contribution in [0.25, 0.3) is 5.57 Å². The number of rotatable bonds is 8. The zero-order valence-corrected chi connectivity index (χ0v) is 22.6. The van der Waals surface area contributed by atoms with Gasteiger partial charge >= 0.3 is 0 Å². The molecule has 0 bridgehead atoms. The minimum atomic E-state index is 0. The zero-order chi connectivity index (χ0) is 21.4. The van der Waals surface area contributed by atoms with Crippen LogP contribution in [0.1, 0.15) is 104 Å². The van der Waals surface area contributed by atoms with E-state index in [9.17, 15) is 4.79 Å². The topological polar surface area (TPSA) is 26.3 Å². The van der Waals surface area contributed by atoms with Gasteiger partial charge in [0, 0.05) is 39.3 Å². The molecule has 0 saturated carbocycles. The average Bonchev–Trinajstić information content (AvgIpc) is 2.69. The second kappa shape index (κ2) is 18.3. The molecule has 0 N–H and O–H groups in total. The quantitative estimate of drug-likeness (QED) is 0.283. The number of benzene rings is 1. The summed E-state index contributed by atoms with van der Waals surface area (Å²) in [6.07, 6.45) is 9.81. The third-order valence-corrected chi connectivity index (χ3v) is 5.24. The third-order valence-electron chi connectivity index (χ3n) is 5.24. The molecule has 0 fully saturated rings. The summed E-state index contributed by atoms with van der Waals surface area (Å²) < 4.78 is 4.43. The Morgan fingerprint density at radius 1 is 1.07 bits per heavy atom. The number of hydrogen-bond donors (Lipinski definition) is 0. The molecular weight excluding hydrogens is 433 g/mol. The molecule has 0 aliphatic heterocycles. The summed E-state index contributed by atoms with van der Waals surface area (Å²) in [7, 11) is 0. The van der Waals surface area contributed by atoms with Crippen molar-refractivity contribution >= 4 is 12.0 Å². The predicted octanol–water partition coefficient (Wildman–Crippen LogP) is 7.82. The standard InChI is InChI=1S/C15H20.C9H17O2.C2H5.Y/c1-11(2)12-9-10-15(3,4)14-8-6-5-7-13(12)14;1-2-3-4-5-6-7-8-11-9-10;1-2;/h5-8H,9-10H2,1-4H3;2-8H2,1H3;1H2,2H3;/q;2*-1;.